The molecule has 2 aliphatic heterocycles. The zero-order valence-corrected chi connectivity index (χ0v) is 13.7. The zero-order valence-electron chi connectivity index (χ0n) is 13.7. The van der Waals surface area contributed by atoms with Crippen LogP contribution in [0.25, 0.3) is 0 Å². The number of aromatic nitrogens is 2. The number of aliphatic hydroxyl groups is 1. The predicted octanol–water partition coefficient (Wildman–Crippen LogP) is 0.113. The molecule has 2 aliphatic rings. The summed E-state index contributed by atoms with van der Waals surface area (Å²) in [6.45, 7) is 4.31. The molecule has 1 spiro atoms. The number of hydrogen-bond donors (Lipinski definition) is 1. The fraction of sp³-hybridized carbons (Fsp3) is 0.688. The Labute approximate surface area is 135 Å². The van der Waals surface area contributed by atoms with Gasteiger partial charge < -0.3 is 19.5 Å². The predicted molar refractivity (Wildman–Crippen MR) is 83.6 cm³/mol. The SMILES string of the molecule is CC(=O)N1CC(CO)C2(CCN(C(=O)c3cncn3C)CC2)C1. The summed E-state index contributed by atoms with van der Waals surface area (Å²) < 4.78 is 1.73. The molecule has 0 saturated carbocycles. The molecule has 7 heteroatoms. The fourth-order valence-electron chi connectivity index (χ4n) is 3.97. The third-order valence-corrected chi connectivity index (χ3v) is 5.56. The first kappa shape index (κ1) is 16.0. The number of carbonyl (C=O) groups is 2. The number of aryl methyl sites for hydroxylation is 1. The highest BCUT2D eigenvalue weighted by Gasteiger charge is 2.48. The van der Waals surface area contributed by atoms with Gasteiger partial charge in [-0.25, -0.2) is 4.98 Å². The van der Waals surface area contributed by atoms with Crippen molar-refractivity contribution >= 4 is 11.8 Å². The minimum Gasteiger partial charge on any atom is -0.396 e. The van der Waals surface area contributed by atoms with Crippen molar-refractivity contribution in [3.05, 3.63) is 18.2 Å². The van der Waals surface area contributed by atoms with Gasteiger partial charge in [-0.3, -0.25) is 9.59 Å². The van der Waals surface area contributed by atoms with E-state index in [2.05, 4.69) is 4.98 Å². The summed E-state index contributed by atoms with van der Waals surface area (Å²) in [5, 5.41) is 9.71. The maximum Gasteiger partial charge on any atom is 0.272 e. The van der Waals surface area contributed by atoms with Gasteiger partial charge in [-0.05, 0) is 18.3 Å². The van der Waals surface area contributed by atoms with Crippen LogP contribution in [0.2, 0.25) is 0 Å². The van der Waals surface area contributed by atoms with Crippen molar-refractivity contribution in [2.45, 2.75) is 19.8 Å². The zero-order chi connectivity index (χ0) is 16.6. The van der Waals surface area contributed by atoms with Gasteiger partial charge in [0, 0.05) is 52.7 Å². The first-order valence-electron chi connectivity index (χ1n) is 8.09. The molecular weight excluding hydrogens is 296 g/mol. The summed E-state index contributed by atoms with van der Waals surface area (Å²) in [4.78, 5) is 31.9. The van der Waals surface area contributed by atoms with Gasteiger partial charge in [0.1, 0.15) is 5.69 Å². The van der Waals surface area contributed by atoms with E-state index in [1.807, 2.05) is 16.8 Å². The molecule has 0 aliphatic carbocycles. The summed E-state index contributed by atoms with van der Waals surface area (Å²) in [6.07, 6.45) is 4.87. The van der Waals surface area contributed by atoms with E-state index >= 15 is 0 Å². The van der Waals surface area contributed by atoms with Crippen LogP contribution in [0.15, 0.2) is 12.5 Å². The minimum absolute atomic E-state index is 0.00168. The number of rotatable bonds is 2. The van der Waals surface area contributed by atoms with Gasteiger partial charge in [-0.1, -0.05) is 0 Å². The second-order valence-electron chi connectivity index (χ2n) is 6.82. The second-order valence-corrected chi connectivity index (χ2v) is 6.82. The van der Waals surface area contributed by atoms with Gasteiger partial charge in [-0.15, -0.1) is 0 Å². The lowest BCUT2D eigenvalue weighted by Gasteiger charge is -2.42. The van der Waals surface area contributed by atoms with Gasteiger partial charge in [0.05, 0.1) is 12.5 Å². The molecular formula is C16H24N4O3. The standard InChI is InChI=1S/C16H24N4O3/c1-12(22)20-8-13(9-21)16(10-20)3-5-19(6-4-16)15(23)14-7-17-11-18(14)2/h7,11,13,21H,3-6,8-10H2,1-2H3. The molecule has 23 heavy (non-hydrogen) atoms. The van der Waals surface area contributed by atoms with E-state index in [0.717, 1.165) is 12.8 Å². The molecule has 2 amide bonds. The Kier molecular flexibility index (Phi) is 4.14. The molecule has 2 saturated heterocycles. The Morgan fingerprint density at radius 2 is 2.04 bits per heavy atom. The average Bonchev–Trinajstić information content (AvgIpc) is 3.11. The summed E-state index contributed by atoms with van der Waals surface area (Å²) in [5.74, 6) is 0.177. The number of likely N-dealkylation sites (tertiary alicyclic amines) is 2. The third kappa shape index (κ3) is 2.73. The molecule has 3 heterocycles. The molecule has 1 aromatic heterocycles. The number of aliphatic hydroxyl groups excluding tert-OH is 1. The molecule has 0 radical (unpaired) electrons. The van der Waals surface area contributed by atoms with E-state index in [1.165, 1.54) is 0 Å². The Balaban J connectivity index is 1.69. The van der Waals surface area contributed by atoms with Crippen molar-refractivity contribution in [3.63, 3.8) is 0 Å². The van der Waals surface area contributed by atoms with E-state index in [-0.39, 0.29) is 29.8 Å². The average molecular weight is 320 g/mol. The molecule has 2 fully saturated rings. The molecule has 126 valence electrons. The van der Waals surface area contributed by atoms with Crippen molar-refractivity contribution in [2.24, 2.45) is 18.4 Å². The minimum atomic E-state index is -0.0519. The number of amides is 2. The lowest BCUT2D eigenvalue weighted by atomic mass is 9.71. The molecule has 7 nitrogen and oxygen atoms in total. The lowest BCUT2D eigenvalue weighted by molar-refractivity contribution is -0.128. The van der Waals surface area contributed by atoms with Gasteiger partial charge in [0.2, 0.25) is 5.91 Å². The molecule has 0 bridgehead atoms. The van der Waals surface area contributed by atoms with Crippen LogP contribution in [0.4, 0.5) is 0 Å². The van der Waals surface area contributed by atoms with Crippen molar-refractivity contribution in [1.29, 1.82) is 0 Å². The van der Waals surface area contributed by atoms with Gasteiger partial charge in [-0.2, -0.15) is 0 Å². The first-order chi connectivity index (χ1) is 11.0. The molecule has 3 rings (SSSR count). The van der Waals surface area contributed by atoms with Crippen LogP contribution < -0.4 is 0 Å². The number of nitrogens with zero attached hydrogens (tertiary/aromatic N) is 4. The van der Waals surface area contributed by atoms with Crippen LogP contribution >= 0.6 is 0 Å². The van der Waals surface area contributed by atoms with Crippen LogP contribution in [0.5, 0.6) is 0 Å². The van der Waals surface area contributed by atoms with Crippen LogP contribution in [-0.2, 0) is 11.8 Å². The van der Waals surface area contributed by atoms with Crippen molar-refractivity contribution in [3.8, 4) is 0 Å². The Bertz CT molecular complexity index is 604. The summed E-state index contributed by atoms with van der Waals surface area (Å²) in [7, 11) is 1.81. The topological polar surface area (TPSA) is 78.7 Å². The summed E-state index contributed by atoms with van der Waals surface area (Å²) >= 11 is 0. The van der Waals surface area contributed by atoms with E-state index in [4.69, 9.17) is 0 Å². The normalized spacial score (nSPS) is 23.5. The monoisotopic (exact) mass is 320 g/mol. The van der Waals surface area contributed by atoms with E-state index in [1.54, 1.807) is 24.0 Å². The molecule has 0 aromatic carbocycles. The molecule has 1 unspecified atom stereocenters. The third-order valence-electron chi connectivity index (χ3n) is 5.56. The summed E-state index contributed by atoms with van der Waals surface area (Å²) in [6, 6.07) is 0. The van der Waals surface area contributed by atoms with Gasteiger partial charge in [0.15, 0.2) is 0 Å². The van der Waals surface area contributed by atoms with Crippen LogP contribution in [-0.4, -0.2) is 69.1 Å². The molecule has 1 N–H and O–H groups in total. The largest absolute Gasteiger partial charge is 0.396 e. The lowest BCUT2D eigenvalue weighted by Crippen LogP contribution is -2.47. The van der Waals surface area contributed by atoms with Crippen molar-refractivity contribution < 1.29 is 14.7 Å². The fourth-order valence-corrected chi connectivity index (χ4v) is 3.97. The van der Waals surface area contributed by atoms with Crippen LogP contribution in [0.1, 0.15) is 30.3 Å². The highest BCUT2D eigenvalue weighted by Crippen LogP contribution is 2.44. The van der Waals surface area contributed by atoms with E-state index < -0.39 is 0 Å². The first-order valence-corrected chi connectivity index (χ1v) is 8.09. The number of hydrogen-bond acceptors (Lipinski definition) is 4. The van der Waals surface area contributed by atoms with E-state index in [9.17, 15) is 14.7 Å². The van der Waals surface area contributed by atoms with Gasteiger partial charge in [0.25, 0.3) is 5.91 Å². The maximum atomic E-state index is 12.6. The molecule has 1 atom stereocenters. The number of imidazole rings is 1. The Morgan fingerprint density at radius 1 is 1.35 bits per heavy atom. The van der Waals surface area contributed by atoms with Crippen LogP contribution in [0, 0.1) is 11.3 Å². The van der Waals surface area contributed by atoms with Crippen LogP contribution in [0.3, 0.4) is 0 Å². The van der Waals surface area contributed by atoms with Gasteiger partial charge >= 0.3 is 0 Å². The number of piperidine rings is 1. The van der Waals surface area contributed by atoms with Crippen molar-refractivity contribution in [2.75, 3.05) is 32.8 Å². The highest BCUT2D eigenvalue weighted by atomic mass is 16.3. The Hall–Kier alpha value is -1.89. The van der Waals surface area contributed by atoms with Crippen molar-refractivity contribution in [1.82, 2.24) is 19.4 Å². The maximum absolute atomic E-state index is 12.6. The van der Waals surface area contributed by atoms with E-state index in [0.29, 0.717) is 31.9 Å². The second kappa shape index (κ2) is 5.96. The summed E-state index contributed by atoms with van der Waals surface area (Å²) in [5.41, 5.74) is 0.542. The quantitative estimate of drug-likeness (QED) is 0.839. The number of carbonyl (C=O) groups excluding carboxylic acids is 2. The smallest absolute Gasteiger partial charge is 0.272 e. The Morgan fingerprint density at radius 3 is 2.57 bits per heavy atom. The molecule has 1 aromatic rings. The highest BCUT2D eigenvalue weighted by molar-refractivity contribution is 5.92.